The van der Waals surface area contributed by atoms with Crippen molar-refractivity contribution in [2.75, 3.05) is 20.2 Å². The summed E-state index contributed by atoms with van der Waals surface area (Å²) in [6.07, 6.45) is 0. The van der Waals surface area contributed by atoms with Crippen LogP contribution in [0.3, 0.4) is 0 Å². The first kappa shape index (κ1) is 15.8. The third-order valence-electron chi connectivity index (χ3n) is 0.391. The third kappa shape index (κ3) is 16.1. The molecule has 3 N–H and O–H groups in total. The Morgan fingerprint density at radius 3 is 2.12 bits per heavy atom. The SMILES string of the molecule is CONCCN.Cl.Cl. The average Bonchev–Trinajstić information content (AvgIpc) is 1.61. The minimum Gasteiger partial charge on any atom is -0.329 e. The van der Waals surface area contributed by atoms with Gasteiger partial charge in [0, 0.05) is 13.1 Å². The number of nitrogens with one attached hydrogen (secondary N) is 1. The number of hydroxylamine groups is 1. The summed E-state index contributed by atoms with van der Waals surface area (Å²) in [6.45, 7) is 1.34. The molecule has 0 spiro atoms. The zero-order valence-electron chi connectivity index (χ0n) is 4.72. The molecule has 0 aromatic rings. The summed E-state index contributed by atoms with van der Waals surface area (Å²) in [4.78, 5) is 4.45. The van der Waals surface area contributed by atoms with Gasteiger partial charge in [0.05, 0.1) is 7.11 Å². The van der Waals surface area contributed by atoms with Crippen LogP contribution in [0.1, 0.15) is 0 Å². The number of rotatable bonds is 3. The van der Waals surface area contributed by atoms with E-state index in [1.54, 1.807) is 7.11 Å². The van der Waals surface area contributed by atoms with E-state index < -0.39 is 0 Å². The standard InChI is InChI=1S/C3H10N2O.2ClH/c1-6-5-3-2-4;;/h5H,2-4H2,1H3;2*1H. The molecule has 0 rings (SSSR count). The molecule has 5 heteroatoms. The van der Waals surface area contributed by atoms with Crippen molar-refractivity contribution in [1.82, 2.24) is 5.48 Å². The van der Waals surface area contributed by atoms with Crippen LogP contribution in [0.15, 0.2) is 0 Å². The summed E-state index contributed by atoms with van der Waals surface area (Å²) >= 11 is 0. The minimum atomic E-state index is 0. The van der Waals surface area contributed by atoms with Gasteiger partial charge in [-0.25, -0.2) is 5.48 Å². The molecule has 0 atom stereocenters. The molecule has 0 saturated carbocycles. The molecule has 0 saturated heterocycles. The second-order valence-electron chi connectivity index (χ2n) is 0.887. The normalized spacial score (nSPS) is 6.75. The van der Waals surface area contributed by atoms with E-state index in [1.807, 2.05) is 0 Å². The Kier molecular flexibility index (Phi) is 30.9. The van der Waals surface area contributed by atoms with E-state index in [1.165, 1.54) is 0 Å². The Balaban J connectivity index is -0.000000125. The predicted molar refractivity (Wildman–Crippen MR) is 38.6 cm³/mol. The summed E-state index contributed by atoms with van der Waals surface area (Å²) < 4.78 is 0. The molecule has 3 nitrogen and oxygen atoms in total. The van der Waals surface area contributed by atoms with Gasteiger partial charge >= 0.3 is 0 Å². The van der Waals surface area contributed by atoms with Gasteiger partial charge in [0.1, 0.15) is 0 Å². The van der Waals surface area contributed by atoms with Gasteiger partial charge in [-0.05, 0) is 0 Å². The van der Waals surface area contributed by atoms with Gasteiger partial charge in [0.25, 0.3) is 0 Å². The van der Waals surface area contributed by atoms with Gasteiger partial charge < -0.3 is 10.6 Å². The number of nitrogens with two attached hydrogens (primary N) is 1. The zero-order valence-corrected chi connectivity index (χ0v) is 6.35. The summed E-state index contributed by atoms with van der Waals surface area (Å²) in [6, 6.07) is 0. The largest absolute Gasteiger partial charge is 0.329 e. The fourth-order valence-corrected chi connectivity index (χ4v) is 0.161. The van der Waals surface area contributed by atoms with Crippen LogP contribution >= 0.6 is 24.8 Å². The molecule has 0 heterocycles. The average molecular weight is 163 g/mol. The van der Waals surface area contributed by atoms with E-state index in [0.717, 1.165) is 6.54 Å². The number of hydrogen-bond donors (Lipinski definition) is 2. The van der Waals surface area contributed by atoms with Crippen molar-refractivity contribution in [2.24, 2.45) is 5.73 Å². The molecule has 0 aromatic carbocycles. The van der Waals surface area contributed by atoms with Crippen molar-refractivity contribution in [3.63, 3.8) is 0 Å². The molecule has 0 fully saturated rings. The highest BCUT2D eigenvalue weighted by Gasteiger charge is 1.71. The molecule has 0 radical (unpaired) electrons. The molecule has 54 valence electrons. The lowest BCUT2D eigenvalue weighted by Gasteiger charge is -1.93. The Labute approximate surface area is 61.7 Å². The van der Waals surface area contributed by atoms with Crippen molar-refractivity contribution in [3.8, 4) is 0 Å². The predicted octanol–water partition coefficient (Wildman–Crippen LogP) is -0.0603. The van der Waals surface area contributed by atoms with E-state index in [0.29, 0.717) is 6.54 Å². The van der Waals surface area contributed by atoms with Crippen molar-refractivity contribution < 1.29 is 4.84 Å². The molecule has 0 aliphatic heterocycles. The molecule has 0 amide bonds. The highest BCUT2D eigenvalue weighted by atomic mass is 35.5. The van der Waals surface area contributed by atoms with E-state index in [-0.39, 0.29) is 24.8 Å². The summed E-state index contributed by atoms with van der Waals surface area (Å²) in [5.41, 5.74) is 7.64. The van der Waals surface area contributed by atoms with E-state index in [4.69, 9.17) is 5.73 Å². The monoisotopic (exact) mass is 162 g/mol. The molecule has 0 aliphatic carbocycles. The zero-order chi connectivity index (χ0) is 4.83. The van der Waals surface area contributed by atoms with Crippen molar-refractivity contribution in [3.05, 3.63) is 0 Å². The third-order valence-corrected chi connectivity index (χ3v) is 0.391. The topological polar surface area (TPSA) is 47.3 Å². The number of halogens is 2. The van der Waals surface area contributed by atoms with E-state index in [2.05, 4.69) is 10.3 Å². The lowest BCUT2D eigenvalue weighted by Crippen LogP contribution is -2.20. The lowest BCUT2D eigenvalue weighted by molar-refractivity contribution is 0.0943. The second kappa shape index (κ2) is 15.7. The van der Waals surface area contributed by atoms with Gasteiger partial charge in [0.2, 0.25) is 0 Å². The molecular formula is C3H12Cl2N2O. The van der Waals surface area contributed by atoms with Crippen LogP contribution in [-0.4, -0.2) is 20.2 Å². The fourth-order valence-electron chi connectivity index (χ4n) is 0.161. The van der Waals surface area contributed by atoms with Crippen LogP contribution in [0.25, 0.3) is 0 Å². The smallest absolute Gasteiger partial charge is 0.0572 e. The van der Waals surface area contributed by atoms with Gasteiger partial charge in [-0.1, -0.05) is 0 Å². The Morgan fingerprint density at radius 2 is 2.00 bits per heavy atom. The number of hydrogen-bond acceptors (Lipinski definition) is 3. The summed E-state index contributed by atoms with van der Waals surface area (Å²) in [7, 11) is 1.57. The molecule has 0 aliphatic rings. The molecule has 0 bridgehead atoms. The Morgan fingerprint density at radius 1 is 1.50 bits per heavy atom. The Hall–Kier alpha value is 0.460. The van der Waals surface area contributed by atoms with Crippen molar-refractivity contribution >= 4 is 24.8 Å². The van der Waals surface area contributed by atoms with Gasteiger partial charge in [-0.2, -0.15) is 0 Å². The first-order valence-corrected chi connectivity index (χ1v) is 1.87. The molecule has 0 aromatic heterocycles. The quantitative estimate of drug-likeness (QED) is 0.452. The van der Waals surface area contributed by atoms with Crippen LogP contribution in [0.4, 0.5) is 0 Å². The highest BCUT2D eigenvalue weighted by Crippen LogP contribution is 1.47. The summed E-state index contributed by atoms with van der Waals surface area (Å²) in [5.74, 6) is 0. The van der Waals surface area contributed by atoms with Gasteiger partial charge in [-0.3, -0.25) is 0 Å². The lowest BCUT2D eigenvalue weighted by atomic mass is 10.7. The Bertz CT molecular complexity index is 27.2. The first-order valence-electron chi connectivity index (χ1n) is 1.87. The van der Waals surface area contributed by atoms with Crippen molar-refractivity contribution in [2.45, 2.75) is 0 Å². The highest BCUT2D eigenvalue weighted by molar-refractivity contribution is 5.85. The summed E-state index contributed by atoms with van der Waals surface area (Å²) in [5, 5.41) is 0. The molecule has 0 unspecified atom stereocenters. The van der Waals surface area contributed by atoms with Gasteiger partial charge in [-0.15, -0.1) is 24.8 Å². The molecule has 8 heavy (non-hydrogen) atoms. The first-order chi connectivity index (χ1) is 2.91. The fraction of sp³-hybridized carbons (Fsp3) is 1.00. The van der Waals surface area contributed by atoms with Gasteiger partial charge in [0.15, 0.2) is 0 Å². The minimum absolute atomic E-state index is 0. The maximum atomic E-state index is 5.07. The maximum absolute atomic E-state index is 5.07. The van der Waals surface area contributed by atoms with Crippen LogP contribution in [0.2, 0.25) is 0 Å². The molecular weight excluding hydrogens is 151 g/mol. The van der Waals surface area contributed by atoms with Crippen LogP contribution < -0.4 is 11.2 Å². The van der Waals surface area contributed by atoms with E-state index in [9.17, 15) is 0 Å². The van der Waals surface area contributed by atoms with Crippen molar-refractivity contribution in [1.29, 1.82) is 0 Å². The van der Waals surface area contributed by atoms with E-state index >= 15 is 0 Å². The second-order valence-corrected chi connectivity index (χ2v) is 0.887. The maximum Gasteiger partial charge on any atom is 0.0572 e. The van der Waals surface area contributed by atoms with Crippen LogP contribution in [0, 0.1) is 0 Å². The van der Waals surface area contributed by atoms with Crippen LogP contribution in [-0.2, 0) is 4.84 Å². The van der Waals surface area contributed by atoms with Crippen LogP contribution in [0.5, 0.6) is 0 Å².